The van der Waals surface area contributed by atoms with Crippen molar-refractivity contribution in [2.24, 2.45) is 0 Å². The Kier molecular flexibility index (Phi) is 5.65. The van der Waals surface area contributed by atoms with E-state index >= 15 is 0 Å². The average Bonchev–Trinajstić information content (AvgIpc) is 2.35. The SMILES string of the molecule is CCC(C)OCc1ccc(C(=O)OC)cc1Br. The molecule has 3 nitrogen and oxygen atoms in total. The standard InChI is InChI=1S/C13H17BrO3/c1-4-9(2)17-8-11-6-5-10(7-12(11)14)13(15)16-3/h5-7,9H,4,8H2,1-3H3. The van der Waals surface area contributed by atoms with E-state index in [4.69, 9.17) is 4.74 Å². The first-order chi connectivity index (χ1) is 8.08. The molecule has 0 amide bonds. The number of hydrogen-bond donors (Lipinski definition) is 0. The van der Waals surface area contributed by atoms with E-state index < -0.39 is 0 Å². The van der Waals surface area contributed by atoms with Crippen LogP contribution in [0.3, 0.4) is 0 Å². The summed E-state index contributed by atoms with van der Waals surface area (Å²) in [6.45, 7) is 4.66. The fourth-order valence-corrected chi connectivity index (χ4v) is 1.75. The maximum atomic E-state index is 11.3. The molecule has 94 valence electrons. The van der Waals surface area contributed by atoms with Crippen molar-refractivity contribution in [1.82, 2.24) is 0 Å². The number of benzene rings is 1. The van der Waals surface area contributed by atoms with E-state index in [1.54, 1.807) is 12.1 Å². The molecule has 0 radical (unpaired) electrons. The highest BCUT2D eigenvalue weighted by Crippen LogP contribution is 2.20. The van der Waals surface area contributed by atoms with Gasteiger partial charge in [0, 0.05) is 4.47 Å². The predicted molar refractivity (Wildman–Crippen MR) is 70.0 cm³/mol. The summed E-state index contributed by atoms with van der Waals surface area (Å²) >= 11 is 3.43. The summed E-state index contributed by atoms with van der Waals surface area (Å²) in [6.07, 6.45) is 1.22. The average molecular weight is 301 g/mol. The van der Waals surface area contributed by atoms with Gasteiger partial charge in [0.25, 0.3) is 0 Å². The van der Waals surface area contributed by atoms with Gasteiger partial charge in [0.2, 0.25) is 0 Å². The van der Waals surface area contributed by atoms with Gasteiger partial charge in [-0.3, -0.25) is 0 Å². The molecule has 0 heterocycles. The van der Waals surface area contributed by atoms with E-state index in [0.717, 1.165) is 16.5 Å². The lowest BCUT2D eigenvalue weighted by Crippen LogP contribution is -2.07. The molecule has 0 aliphatic heterocycles. The topological polar surface area (TPSA) is 35.5 Å². The van der Waals surface area contributed by atoms with E-state index in [1.165, 1.54) is 7.11 Å². The summed E-state index contributed by atoms with van der Waals surface area (Å²) in [4.78, 5) is 11.3. The number of hydrogen-bond acceptors (Lipinski definition) is 3. The molecular formula is C13H17BrO3. The molecule has 0 bridgehead atoms. The molecule has 0 aliphatic rings. The molecule has 17 heavy (non-hydrogen) atoms. The molecule has 1 atom stereocenters. The van der Waals surface area contributed by atoms with Crippen molar-refractivity contribution in [2.45, 2.75) is 33.0 Å². The van der Waals surface area contributed by atoms with Crippen molar-refractivity contribution in [3.05, 3.63) is 33.8 Å². The van der Waals surface area contributed by atoms with Gasteiger partial charge in [-0.2, -0.15) is 0 Å². The van der Waals surface area contributed by atoms with Gasteiger partial charge in [-0.1, -0.05) is 28.9 Å². The molecule has 1 aromatic carbocycles. The Bertz CT molecular complexity index is 390. The van der Waals surface area contributed by atoms with Crippen LogP contribution in [0.25, 0.3) is 0 Å². The van der Waals surface area contributed by atoms with Gasteiger partial charge in [0.1, 0.15) is 0 Å². The van der Waals surface area contributed by atoms with Gasteiger partial charge in [-0.05, 0) is 31.0 Å². The third kappa shape index (κ3) is 4.13. The monoisotopic (exact) mass is 300 g/mol. The van der Waals surface area contributed by atoms with Gasteiger partial charge in [-0.25, -0.2) is 4.79 Å². The van der Waals surface area contributed by atoms with Crippen LogP contribution >= 0.6 is 15.9 Å². The molecule has 1 rings (SSSR count). The first-order valence-corrected chi connectivity index (χ1v) is 6.36. The Hall–Kier alpha value is -0.870. The van der Waals surface area contributed by atoms with Crippen molar-refractivity contribution in [2.75, 3.05) is 7.11 Å². The van der Waals surface area contributed by atoms with E-state index in [9.17, 15) is 4.79 Å². The van der Waals surface area contributed by atoms with Gasteiger partial charge in [-0.15, -0.1) is 0 Å². The summed E-state index contributed by atoms with van der Waals surface area (Å²) in [6, 6.07) is 5.37. The normalized spacial score (nSPS) is 12.2. The summed E-state index contributed by atoms with van der Waals surface area (Å²) in [5, 5.41) is 0. The number of esters is 1. The Morgan fingerprint density at radius 1 is 1.47 bits per heavy atom. The van der Waals surface area contributed by atoms with Crippen molar-refractivity contribution in [3.8, 4) is 0 Å². The van der Waals surface area contributed by atoms with Crippen LogP contribution in [0.4, 0.5) is 0 Å². The van der Waals surface area contributed by atoms with Gasteiger partial charge in [0.05, 0.1) is 25.4 Å². The van der Waals surface area contributed by atoms with E-state index in [0.29, 0.717) is 12.2 Å². The lowest BCUT2D eigenvalue weighted by Gasteiger charge is -2.12. The second-order valence-corrected chi connectivity index (χ2v) is 4.68. The number of carbonyl (C=O) groups excluding carboxylic acids is 1. The first-order valence-electron chi connectivity index (χ1n) is 5.56. The maximum absolute atomic E-state index is 11.3. The molecule has 0 spiro atoms. The van der Waals surface area contributed by atoms with E-state index in [1.807, 2.05) is 13.0 Å². The zero-order valence-electron chi connectivity index (χ0n) is 10.3. The van der Waals surface area contributed by atoms with Crippen molar-refractivity contribution < 1.29 is 14.3 Å². The Morgan fingerprint density at radius 2 is 2.18 bits per heavy atom. The molecule has 0 aromatic heterocycles. The van der Waals surface area contributed by atoms with Crippen LogP contribution in [-0.4, -0.2) is 19.2 Å². The summed E-state index contributed by atoms with van der Waals surface area (Å²) in [7, 11) is 1.37. The molecule has 1 aromatic rings. The predicted octanol–water partition coefficient (Wildman–Crippen LogP) is 3.55. The number of methoxy groups -OCH3 is 1. The Labute approximate surface area is 110 Å². The Balaban J connectivity index is 2.73. The zero-order valence-corrected chi connectivity index (χ0v) is 11.9. The zero-order chi connectivity index (χ0) is 12.8. The van der Waals surface area contributed by atoms with Crippen LogP contribution in [0.1, 0.15) is 36.2 Å². The number of halogens is 1. The minimum absolute atomic E-state index is 0.238. The van der Waals surface area contributed by atoms with Crippen LogP contribution in [0.15, 0.2) is 22.7 Å². The second kappa shape index (κ2) is 6.77. The smallest absolute Gasteiger partial charge is 0.337 e. The van der Waals surface area contributed by atoms with Crippen LogP contribution in [0.2, 0.25) is 0 Å². The van der Waals surface area contributed by atoms with Gasteiger partial charge >= 0.3 is 5.97 Å². The molecule has 0 saturated heterocycles. The minimum atomic E-state index is -0.333. The molecule has 0 fully saturated rings. The lowest BCUT2D eigenvalue weighted by atomic mass is 10.1. The largest absolute Gasteiger partial charge is 0.465 e. The lowest BCUT2D eigenvalue weighted by molar-refractivity contribution is 0.0504. The molecule has 0 N–H and O–H groups in total. The molecule has 0 aliphatic carbocycles. The fraction of sp³-hybridized carbons (Fsp3) is 0.462. The van der Waals surface area contributed by atoms with Crippen LogP contribution in [0, 0.1) is 0 Å². The van der Waals surface area contributed by atoms with E-state index in [2.05, 4.69) is 27.6 Å². The molecule has 0 saturated carbocycles. The van der Waals surface area contributed by atoms with Crippen LogP contribution < -0.4 is 0 Å². The first kappa shape index (κ1) is 14.2. The van der Waals surface area contributed by atoms with Crippen molar-refractivity contribution in [1.29, 1.82) is 0 Å². The number of ether oxygens (including phenoxy) is 2. The minimum Gasteiger partial charge on any atom is -0.465 e. The highest BCUT2D eigenvalue weighted by Gasteiger charge is 2.09. The fourth-order valence-electron chi connectivity index (χ4n) is 1.26. The summed E-state index contributed by atoms with van der Waals surface area (Å²) in [5.41, 5.74) is 1.56. The summed E-state index contributed by atoms with van der Waals surface area (Å²) in [5.74, 6) is -0.333. The third-order valence-electron chi connectivity index (χ3n) is 2.57. The molecule has 4 heteroatoms. The highest BCUT2D eigenvalue weighted by atomic mass is 79.9. The van der Waals surface area contributed by atoms with Gasteiger partial charge in [0.15, 0.2) is 0 Å². The maximum Gasteiger partial charge on any atom is 0.337 e. The van der Waals surface area contributed by atoms with Crippen molar-refractivity contribution in [3.63, 3.8) is 0 Å². The quantitative estimate of drug-likeness (QED) is 0.780. The third-order valence-corrected chi connectivity index (χ3v) is 3.31. The van der Waals surface area contributed by atoms with Crippen LogP contribution in [-0.2, 0) is 16.1 Å². The second-order valence-electron chi connectivity index (χ2n) is 3.83. The number of rotatable bonds is 5. The van der Waals surface area contributed by atoms with E-state index in [-0.39, 0.29) is 12.1 Å². The Morgan fingerprint density at radius 3 is 2.71 bits per heavy atom. The molecular weight excluding hydrogens is 284 g/mol. The van der Waals surface area contributed by atoms with Crippen LogP contribution in [0.5, 0.6) is 0 Å². The number of carbonyl (C=O) groups is 1. The highest BCUT2D eigenvalue weighted by molar-refractivity contribution is 9.10. The van der Waals surface area contributed by atoms with Crippen molar-refractivity contribution >= 4 is 21.9 Å². The summed E-state index contributed by atoms with van der Waals surface area (Å²) < 4.78 is 11.2. The van der Waals surface area contributed by atoms with Gasteiger partial charge < -0.3 is 9.47 Å². The molecule has 1 unspecified atom stereocenters.